The third-order valence-electron chi connectivity index (χ3n) is 6.07. The van der Waals surface area contributed by atoms with Crippen LogP contribution < -0.4 is 10.5 Å². The van der Waals surface area contributed by atoms with E-state index in [0.717, 1.165) is 58.9 Å². The Morgan fingerprint density at radius 3 is 2.79 bits per heavy atom. The molecule has 0 spiro atoms. The Hall–Kier alpha value is -2.67. The molecule has 150 valence electrons. The van der Waals surface area contributed by atoms with E-state index in [1.54, 1.807) is 10.5 Å². The molecule has 4 aromatic rings. The molecule has 5 rings (SSSR count). The van der Waals surface area contributed by atoms with Crippen LogP contribution in [0, 0.1) is 12.7 Å². The lowest BCUT2D eigenvalue weighted by Gasteiger charge is -2.34. The number of thiazole rings is 1. The molecule has 7 heteroatoms. The van der Waals surface area contributed by atoms with E-state index >= 15 is 0 Å². The van der Waals surface area contributed by atoms with Crippen molar-refractivity contribution in [1.82, 2.24) is 14.0 Å². The number of aryl methyl sites for hydroxylation is 1. The van der Waals surface area contributed by atoms with Crippen molar-refractivity contribution in [3.63, 3.8) is 0 Å². The monoisotopic (exact) mass is 410 g/mol. The number of aromatic nitrogens is 3. The van der Waals surface area contributed by atoms with Crippen LogP contribution in [0.3, 0.4) is 0 Å². The van der Waals surface area contributed by atoms with Crippen LogP contribution in [-0.2, 0) is 6.42 Å². The van der Waals surface area contributed by atoms with E-state index in [4.69, 9.17) is 0 Å². The quantitative estimate of drug-likeness (QED) is 0.497. The normalized spacial score (nSPS) is 15.6. The smallest absolute Gasteiger partial charge is 0.263 e. The van der Waals surface area contributed by atoms with Crippen LogP contribution in [0.4, 0.5) is 10.2 Å². The second kappa shape index (κ2) is 6.99. The van der Waals surface area contributed by atoms with E-state index < -0.39 is 0 Å². The molecular formula is C22H23FN4OS. The minimum absolute atomic E-state index is 0.0619. The van der Waals surface area contributed by atoms with Crippen LogP contribution in [0.2, 0.25) is 0 Å². The Labute approximate surface area is 172 Å². The molecule has 3 aromatic heterocycles. The lowest BCUT2D eigenvalue weighted by atomic mass is 10.0. The molecule has 0 radical (unpaired) electrons. The Bertz CT molecular complexity index is 1260. The highest BCUT2D eigenvalue weighted by Gasteiger charge is 2.24. The molecule has 1 saturated heterocycles. The summed E-state index contributed by atoms with van der Waals surface area (Å²) < 4.78 is 17.5. The van der Waals surface area contributed by atoms with Gasteiger partial charge in [0.05, 0.1) is 0 Å². The van der Waals surface area contributed by atoms with Gasteiger partial charge in [-0.15, -0.1) is 11.3 Å². The number of fused-ring (bicyclic) bond motifs is 2. The van der Waals surface area contributed by atoms with Gasteiger partial charge in [0.15, 0.2) is 4.96 Å². The second-order valence-corrected chi connectivity index (χ2v) is 8.53. The van der Waals surface area contributed by atoms with E-state index in [1.165, 1.54) is 17.4 Å². The summed E-state index contributed by atoms with van der Waals surface area (Å²) in [4.78, 5) is 20.7. The Kier molecular flexibility index (Phi) is 4.42. The van der Waals surface area contributed by atoms with Crippen LogP contribution in [0.1, 0.15) is 37.1 Å². The summed E-state index contributed by atoms with van der Waals surface area (Å²) in [6, 6.07) is 7.34. The summed E-state index contributed by atoms with van der Waals surface area (Å²) in [5.74, 6) is 0.755. The maximum Gasteiger partial charge on any atom is 0.263 e. The van der Waals surface area contributed by atoms with Crippen molar-refractivity contribution in [1.29, 1.82) is 0 Å². The first-order valence-electron chi connectivity index (χ1n) is 10.1. The van der Waals surface area contributed by atoms with Gasteiger partial charge in [-0.25, -0.2) is 13.8 Å². The zero-order valence-electron chi connectivity index (χ0n) is 16.6. The Morgan fingerprint density at radius 2 is 2.03 bits per heavy atom. The van der Waals surface area contributed by atoms with Gasteiger partial charge >= 0.3 is 0 Å². The van der Waals surface area contributed by atoms with Crippen molar-refractivity contribution in [3.05, 3.63) is 63.3 Å². The molecule has 4 heterocycles. The summed E-state index contributed by atoms with van der Waals surface area (Å²) in [5.41, 5.74) is 2.77. The van der Waals surface area contributed by atoms with E-state index in [2.05, 4.69) is 26.0 Å². The van der Waals surface area contributed by atoms with Crippen molar-refractivity contribution in [2.75, 3.05) is 18.0 Å². The van der Waals surface area contributed by atoms with Crippen LogP contribution >= 0.6 is 11.3 Å². The van der Waals surface area contributed by atoms with Crippen molar-refractivity contribution in [2.45, 2.75) is 39.2 Å². The molecule has 0 unspecified atom stereocenters. The number of nitrogens with zero attached hydrogens (tertiary/aromatic N) is 4. The van der Waals surface area contributed by atoms with Gasteiger partial charge in [0, 0.05) is 52.9 Å². The van der Waals surface area contributed by atoms with Gasteiger partial charge in [-0.3, -0.25) is 4.79 Å². The third kappa shape index (κ3) is 2.95. The SMILES string of the molecule is CCc1c(C)nc2scc(N3CCC(n4ccc5cc(F)ccc54)CC3)n2c1=O. The average molecular weight is 411 g/mol. The molecular weight excluding hydrogens is 387 g/mol. The standard InChI is InChI=1S/C22H23FN4OS/c1-3-18-14(2)24-22-27(21(18)28)20(13-29-22)25-9-7-17(8-10-25)26-11-6-15-12-16(23)4-5-19(15)26/h4-6,11-13,17H,3,7-10H2,1-2H3. The van der Waals surface area contributed by atoms with Crippen molar-refractivity contribution in [2.24, 2.45) is 0 Å². The molecule has 1 aromatic carbocycles. The fourth-order valence-electron chi connectivity index (χ4n) is 4.53. The molecule has 1 aliphatic rings. The topological polar surface area (TPSA) is 42.5 Å². The van der Waals surface area contributed by atoms with Gasteiger partial charge in [0.2, 0.25) is 0 Å². The number of rotatable bonds is 3. The number of hydrogen-bond acceptors (Lipinski definition) is 4. The van der Waals surface area contributed by atoms with Gasteiger partial charge < -0.3 is 9.47 Å². The van der Waals surface area contributed by atoms with E-state index in [0.29, 0.717) is 12.5 Å². The number of hydrogen-bond donors (Lipinski definition) is 0. The molecule has 5 nitrogen and oxygen atoms in total. The first-order valence-corrected chi connectivity index (χ1v) is 11.0. The molecule has 29 heavy (non-hydrogen) atoms. The fourth-order valence-corrected chi connectivity index (χ4v) is 5.46. The van der Waals surface area contributed by atoms with E-state index in [9.17, 15) is 9.18 Å². The summed E-state index contributed by atoms with van der Waals surface area (Å²) >= 11 is 1.53. The maximum absolute atomic E-state index is 13.5. The first-order chi connectivity index (χ1) is 14.1. The number of halogens is 1. The minimum Gasteiger partial charge on any atom is -0.357 e. The largest absolute Gasteiger partial charge is 0.357 e. The highest BCUT2D eigenvalue weighted by Crippen LogP contribution is 2.31. The van der Waals surface area contributed by atoms with Gasteiger partial charge in [-0.2, -0.15) is 0 Å². The average Bonchev–Trinajstić information content (AvgIpc) is 3.32. The molecule has 1 fully saturated rings. The molecule has 0 aliphatic carbocycles. The molecule has 0 atom stereocenters. The van der Waals surface area contributed by atoms with Gasteiger partial charge in [0.1, 0.15) is 11.6 Å². The summed E-state index contributed by atoms with van der Waals surface area (Å²) in [7, 11) is 0. The predicted octanol–water partition coefficient (Wildman–Crippen LogP) is 4.56. The van der Waals surface area contributed by atoms with Gasteiger partial charge in [0.25, 0.3) is 5.56 Å². The fraction of sp³-hybridized carbons (Fsp3) is 0.364. The lowest BCUT2D eigenvalue weighted by Crippen LogP contribution is -2.36. The third-order valence-corrected chi connectivity index (χ3v) is 6.88. The van der Waals surface area contributed by atoms with Crippen molar-refractivity contribution >= 4 is 33.0 Å². The molecule has 0 bridgehead atoms. The molecule has 0 saturated carbocycles. The van der Waals surface area contributed by atoms with E-state index in [1.807, 2.05) is 26.0 Å². The highest BCUT2D eigenvalue weighted by atomic mass is 32.1. The van der Waals surface area contributed by atoms with E-state index in [-0.39, 0.29) is 11.4 Å². The zero-order valence-corrected chi connectivity index (χ0v) is 17.4. The van der Waals surface area contributed by atoms with Crippen LogP contribution in [0.5, 0.6) is 0 Å². The number of piperidine rings is 1. The zero-order chi connectivity index (χ0) is 20.1. The van der Waals surface area contributed by atoms with Crippen molar-refractivity contribution in [3.8, 4) is 0 Å². The summed E-state index contributed by atoms with van der Waals surface area (Å²) in [6.07, 6.45) is 4.72. The van der Waals surface area contributed by atoms with Crippen LogP contribution in [-0.4, -0.2) is 27.0 Å². The number of benzene rings is 1. The first kappa shape index (κ1) is 18.4. The van der Waals surface area contributed by atoms with Crippen molar-refractivity contribution < 1.29 is 4.39 Å². The highest BCUT2D eigenvalue weighted by molar-refractivity contribution is 7.15. The second-order valence-electron chi connectivity index (χ2n) is 7.69. The van der Waals surface area contributed by atoms with Crippen LogP contribution in [0.25, 0.3) is 15.9 Å². The Morgan fingerprint density at radius 1 is 1.24 bits per heavy atom. The summed E-state index contributed by atoms with van der Waals surface area (Å²) in [6.45, 7) is 5.67. The minimum atomic E-state index is -0.199. The molecule has 0 N–H and O–H groups in total. The molecule has 1 aliphatic heterocycles. The lowest BCUT2D eigenvalue weighted by molar-refractivity contribution is 0.404. The van der Waals surface area contributed by atoms with Crippen LogP contribution in [0.15, 0.2) is 40.6 Å². The predicted molar refractivity (Wildman–Crippen MR) is 116 cm³/mol. The maximum atomic E-state index is 13.5. The summed E-state index contributed by atoms with van der Waals surface area (Å²) in [5, 5.41) is 2.99. The van der Waals surface area contributed by atoms with Gasteiger partial charge in [-0.05, 0) is 50.5 Å². The Balaban J connectivity index is 1.43. The van der Waals surface area contributed by atoms with Gasteiger partial charge in [-0.1, -0.05) is 6.92 Å². The molecule has 0 amide bonds. The number of anilines is 1.